The van der Waals surface area contributed by atoms with Gasteiger partial charge in [-0.2, -0.15) is 9.57 Å². The lowest BCUT2D eigenvalue weighted by Gasteiger charge is -2.38. The van der Waals surface area contributed by atoms with Crippen LogP contribution in [-0.4, -0.2) is 55.9 Å². The van der Waals surface area contributed by atoms with Crippen LogP contribution in [0.15, 0.2) is 54.1 Å². The lowest BCUT2D eigenvalue weighted by atomic mass is 10.2. The van der Waals surface area contributed by atoms with E-state index in [1.165, 1.54) is 18.3 Å². The third kappa shape index (κ3) is 5.40. The molecule has 1 aromatic carbocycles. The molecular weight excluding hydrogens is 437 g/mol. The second-order valence-corrected chi connectivity index (χ2v) is 8.85. The summed E-state index contributed by atoms with van der Waals surface area (Å²) in [5, 5.41) is 14.4. The number of pyridine rings is 1. The average molecular weight is 460 g/mol. The number of rotatable bonds is 10. The zero-order valence-electron chi connectivity index (χ0n) is 17.1. The molecule has 1 aromatic heterocycles. The molecule has 32 heavy (non-hydrogen) atoms. The third-order valence-electron chi connectivity index (χ3n) is 4.69. The van der Waals surface area contributed by atoms with Gasteiger partial charge in [-0.3, -0.25) is 4.79 Å². The van der Waals surface area contributed by atoms with Crippen molar-refractivity contribution in [3.63, 3.8) is 0 Å². The number of hydrogen-bond acceptors (Lipinski definition) is 7. The largest absolute Gasteiger partial charge is 0.492 e. The number of benzene rings is 1. The summed E-state index contributed by atoms with van der Waals surface area (Å²) in [5.74, 6) is -0.776. The fourth-order valence-corrected chi connectivity index (χ4v) is 4.71. The number of nitrogens with one attached hydrogen (secondary N) is 2. The number of nitriles is 1. The molecule has 0 bridgehead atoms. The summed E-state index contributed by atoms with van der Waals surface area (Å²) in [6.45, 7) is 4.05. The second-order valence-electron chi connectivity index (χ2n) is 6.97. The summed E-state index contributed by atoms with van der Waals surface area (Å²) in [5.41, 5.74) is 0.454. The van der Waals surface area contributed by atoms with Gasteiger partial charge in [-0.25, -0.2) is 17.8 Å². The third-order valence-corrected chi connectivity index (χ3v) is 6.58. The van der Waals surface area contributed by atoms with Crippen molar-refractivity contribution in [1.82, 2.24) is 14.6 Å². The molecule has 1 aliphatic heterocycles. The van der Waals surface area contributed by atoms with Gasteiger partial charge in [0.25, 0.3) is 0 Å². The molecular formula is C21H22FN5O4S. The maximum atomic E-state index is 14.5. The van der Waals surface area contributed by atoms with Gasteiger partial charge in [-0.15, -0.1) is 0 Å². The van der Waals surface area contributed by atoms with Gasteiger partial charge in [0.1, 0.15) is 23.5 Å². The first-order valence-electron chi connectivity index (χ1n) is 9.79. The highest BCUT2D eigenvalue weighted by molar-refractivity contribution is 7.89. The van der Waals surface area contributed by atoms with Gasteiger partial charge >= 0.3 is 0 Å². The highest BCUT2D eigenvalue weighted by atomic mass is 32.2. The predicted octanol–water partition coefficient (Wildman–Crippen LogP) is 1.65. The van der Waals surface area contributed by atoms with Crippen LogP contribution in [0.4, 0.5) is 10.2 Å². The van der Waals surface area contributed by atoms with Gasteiger partial charge < -0.3 is 15.4 Å². The van der Waals surface area contributed by atoms with Crippen molar-refractivity contribution >= 4 is 21.7 Å². The molecule has 1 fully saturated rings. The zero-order valence-corrected chi connectivity index (χ0v) is 17.9. The Bertz CT molecular complexity index is 1130. The Labute approximate surface area is 185 Å². The maximum Gasteiger partial charge on any atom is 0.249 e. The monoisotopic (exact) mass is 459 g/mol. The van der Waals surface area contributed by atoms with Crippen LogP contribution in [0.2, 0.25) is 0 Å². The van der Waals surface area contributed by atoms with Crippen molar-refractivity contribution in [2.45, 2.75) is 17.4 Å². The molecule has 1 saturated heterocycles. The number of hydrogen-bond donors (Lipinski definition) is 2. The van der Waals surface area contributed by atoms with Crippen LogP contribution in [0.25, 0.3) is 0 Å². The van der Waals surface area contributed by atoms with Crippen molar-refractivity contribution in [1.29, 1.82) is 5.26 Å². The van der Waals surface area contributed by atoms with Crippen LogP contribution in [0, 0.1) is 17.1 Å². The molecule has 11 heteroatoms. The van der Waals surface area contributed by atoms with E-state index in [0.29, 0.717) is 24.3 Å². The molecule has 9 nitrogen and oxygen atoms in total. The number of anilines is 1. The highest BCUT2D eigenvalue weighted by Gasteiger charge is 2.40. The zero-order chi connectivity index (χ0) is 23.1. The van der Waals surface area contributed by atoms with E-state index in [2.05, 4.69) is 22.2 Å². The maximum absolute atomic E-state index is 14.5. The first kappa shape index (κ1) is 23.2. The summed E-state index contributed by atoms with van der Waals surface area (Å²) in [7, 11) is -4.13. The molecule has 0 saturated carbocycles. The van der Waals surface area contributed by atoms with Crippen molar-refractivity contribution in [2.24, 2.45) is 0 Å². The number of sulfonamides is 1. The fourth-order valence-electron chi connectivity index (χ4n) is 3.00. The Morgan fingerprint density at radius 3 is 2.81 bits per heavy atom. The Morgan fingerprint density at radius 1 is 1.38 bits per heavy atom. The smallest absolute Gasteiger partial charge is 0.249 e. The van der Waals surface area contributed by atoms with Crippen molar-refractivity contribution < 1.29 is 22.3 Å². The molecule has 0 aliphatic carbocycles. The summed E-state index contributed by atoms with van der Waals surface area (Å²) >= 11 is 0. The molecule has 2 N–H and O–H groups in total. The lowest BCUT2D eigenvalue weighted by molar-refractivity contribution is -0.117. The summed E-state index contributed by atoms with van der Waals surface area (Å²) in [6, 6.07) is 8.79. The van der Waals surface area contributed by atoms with Gasteiger partial charge in [0.05, 0.1) is 18.2 Å². The van der Waals surface area contributed by atoms with Crippen LogP contribution >= 0.6 is 0 Å². The van der Waals surface area contributed by atoms with Crippen molar-refractivity contribution in [3.05, 3.63) is 60.6 Å². The van der Waals surface area contributed by atoms with Crippen molar-refractivity contribution in [2.75, 3.05) is 31.6 Å². The van der Waals surface area contributed by atoms with Crippen LogP contribution in [0.3, 0.4) is 0 Å². The summed E-state index contributed by atoms with van der Waals surface area (Å²) < 4.78 is 47.0. The molecule has 1 aliphatic rings. The molecule has 2 heterocycles. The molecule has 1 amide bonds. The molecule has 168 valence electrons. The van der Waals surface area contributed by atoms with Gasteiger partial charge in [-0.05, 0) is 36.8 Å². The molecule has 0 radical (unpaired) electrons. The number of carbonyl (C=O) groups excluding carboxylic acids is 1. The van der Waals surface area contributed by atoms with Crippen LogP contribution < -0.4 is 15.4 Å². The van der Waals surface area contributed by atoms with E-state index in [9.17, 15) is 17.6 Å². The standard InChI is InChI=1S/C21H22FN5O4S/c1-2-20(28)26-16-13-27(14-16)32(29,30)21-17(22)5-3-6-18(21)31-10-4-9-24-19-8-7-15(11-23)12-25-19/h2-3,5-8,12,16H,1,4,9-10,13-14H2,(H,24,25)(H,26,28). The number of halogens is 1. The summed E-state index contributed by atoms with van der Waals surface area (Å²) in [4.78, 5) is 14.9. The van der Waals surface area contributed by atoms with Gasteiger partial charge in [0.2, 0.25) is 15.9 Å². The number of ether oxygens (including phenoxy) is 1. The van der Waals surface area contributed by atoms with Gasteiger partial charge in [-0.1, -0.05) is 12.6 Å². The minimum absolute atomic E-state index is 0.0389. The molecule has 0 spiro atoms. The van der Waals surface area contributed by atoms with E-state index in [4.69, 9.17) is 10.00 Å². The minimum atomic E-state index is -4.13. The van der Waals surface area contributed by atoms with Crippen molar-refractivity contribution in [3.8, 4) is 11.8 Å². The fraction of sp³-hybridized carbons (Fsp3) is 0.286. The van der Waals surface area contributed by atoms with E-state index in [0.717, 1.165) is 16.4 Å². The number of nitrogens with zero attached hydrogens (tertiary/aromatic N) is 3. The Hall–Kier alpha value is -3.49. The Kier molecular flexibility index (Phi) is 7.40. The van der Waals surface area contributed by atoms with E-state index in [1.54, 1.807) is 12.1 Å². The molecule has 0 atom stereocenters. The quantitative estimate of drug-likeness (QED) is 0.409. The first-order chi connectivity index (χ1) is 15.3. The summed E-state index contributed by atoms with van der Waals surface area (Å²) in [6.07, 6.45) is 3.05. The van der Waals surface area contributed by atoms with Crippen LogP contribution in [-0.2, 0) is 14.8 Å². The highest BCUT2D eigenvalue weighted by Crippen LogP contribution is 2.31. The number of amides is 1. The molecule has 3 rings (SSSR count). The van der Waals surface area contributed by atoms with Gasteiger partial charge in [0.15, 0.2) is 4.90 Å². The minimum Gasteiger partial charge on any atom is -0.492 e. The first-order valence-corrected chi connectivity index (χ1v) is 11.2. The van der Waals surface area contributed by atoms with E-state index in [1.807, 2.05) is 6.07 Å². The van der Waals surface area contributed by atoms with Crippen LogP contribution in [0.1, 0.15) is 12.0 Å². The van der Waals surface area contributed by atoms with E-state index >= 15 is 0 Å². The van der Waals surface area contributed by atoms with E-state index in [-0.39, 0.29) is 31.5 Å². The molecule has 2 aromatic rings. The average Bonchev–Trinajstić information content (AvgIpc) is 2.75. The van der Waals surface area contributed by atoms with Gasteiger partial charge in [0, 0.05) is 25.8 Å². The molecule has 0 unspecified atom stereocenters. The second kappa shape index (κ2) is 10.2. The number of carbonyl (C=O) groups is 1. The topological polar surface area (TPSA) is 124 Å². The van der Waals surface area contributed by atoms with Crippen LogP contribution in [0.5, 0.6) is 5.75 Å². The lowest BCUT2D eigenvalue weighted by Crippen LogP contribution is -2.60. The Morgan fingerprint density at radius 2 is 2.16 bits per heavy atom. The number of aromatic nitrogens is 1. The Balaban J connectivity index is 1.56. The normalized spacial score (nSPS) is 14.1. The predicted molar refractivity (Wildman–Crippen MR) is 115 cm³/mol. The van der Waals surface area contributed by atoms with E-state index < -0.39 is 26.6 Å². The SMILES string of the molecule is C=CC(=O)NC1CN(S(=O)(=O)c2c(F)cccc2OCCCNc2ccc(C#N)cn2)C1.